The lowest BCUT2D eigenvalue weighted by molar-refractivity contribution is -0.394. The highest BCUT2D eigenvalue weighted by atomic mass is 16.6. The molecule has 0 radical (unpaired) electrons. The topological polar surface area (TPSA) is 151 Å². The van der Waals surface area contributed by atoms with Crippen molar-refractivity contribution in [2.75, 3.05) is 12.4 Å². The van der Waals surface area contributed by atoms with E-state index in [1.165, 1.54) is 13.2 Å². The van der Waals surface area contributed by atoms with Crippen LogP contribution in [0.4, 0.5) is 17.1 Å². The highest BCUT2D eigenvalue weighted by Gasteiger charge is 2.20. The van der Waals surface area contributed by atoms with Crippen molar-refractivity contribution in [3.8, 4) is 17.2 Å². The molecule has 0 bridgehead atoms. The molecule has 32 heavy (non-hydrogen) atoms. The van der Waals surface area contributed by atoms with Crippen LogP contribution in [0.2, 0.25) is 0 Å². The molecule has 4 aromatic rings. The monoisotopic (exact) mass is 434 g/mol. The Labute approximate surface area is 179 Å². The average molecular weight is 434 g/mol. The maximum Gasteiger partial charge on any atom is 0.277 e. The van der Waals surface area contributed by atoms with E-state index in [2.05, 4.69) is 10.3 Å². The van der Waals surface area contributed by atoms with Gasteiger partial charge < -0.3 is 14.5 Å². The lowest BCUT2D eigenvalue weighted by Gasteiger charge is -2.05. The fraction of sp³-hybridized carbons (Fsp3) is 0.0476. The zero-order valence-electron chi connectivity index (χ0n) is 16.5. The van der Waals surface area contributed by atoms with E-state index in [1.807, 2.05) is 12.1 Å². The minimum Gasteiger partial charge on any atom is -0.496 e. The van der Waals surface area contributed by atoms with E-state index in [-0.39, 0.29) is 5.56 Å². The molecule has 4 rings (SSSR count). The molecule has 0 aliphatic rings. The lowest BCUT2D eigenvalue weighted by Crippen LogP contribution is -2.12. The van der Waals surface area contributed by atoms with Gasteiger partial charge in [-0.15, -0.1) is 0 Å². The third-order valence-electron chi connectivity index (χ3n) is 4.57. The van der Waals surface area contributed by atoms with Crippen LogP contribution >= 0.6 is 0 Å². The molecular weight excluding hydrogens is 420 g/mol. The van der Waals surface area contributed by atoms with E-state index in [1.54, 1.807) is 24.3 Å². The third-order valence-corrected chi connectivity index (χ3v) is 4.57. The summed E-state index contributed by atoms with van der Waals surface area (Å²) in [5, 5.41) is 24.6. The van der Waals surface area contributed by atoms with E-state index >= 15 is 0 Å². The van der Waals surface area contributed by atoms with Gasteiger partial charge in [-0.2, -0.15) is 0 Å². The van der Waals surface area contributed by atoms with E-state index in [4.69, 9.17) is 9.15 Å². The van der Waals surface area contributed by atoms with Crippen LogP contribution in [0.3, 0.4) is 0 Å². The predicted octanol–water partition coefficient (Wildman–Crippen LogP) is 4.57. The van der Waals surface area contributed by atoms with Gasteiger partial charge in [0.2, 0.25) is 5.89 Å². The third kappa shape index (κ3) is 3.94. The van der Waals surface area contributed by atoms with Crippen LogP contribution in [0.25, 0.3) is 22.6 Å². The fourth-order valence-corrected chi connectivity index (χ4v) is 3.08. The van der Waals surface area contributed by atoms with E-state index < -0.39 is 27.1 Å². The normalized spacial score (nSPS) is 10.7. The van der Waals surface area contributed by atoms with Crippen molar-refractivity contribution in [1.82, 2.24) is 4.98 Å². The summed E-state index contributed by atoms with van der Waals surface area (Å²) >= 11 is 0. The van der Waals surface area contributed by atoms with Crippen molar-refractivity contribution in [2.24, 2.45) is 0 Å². The van der Waals surface area contributed by atoms with Crippen LogP contribution in [0.1, 0.15) is 10.4 Å². The first-order chi connectivity index (χ1) is 15.4. The van der Waals surface area contributed by atoms with Gasteiger partial charge in [-0.1, -0.05) is 12.1 Å². The average Bonchev–Trinajstić information content (AvgIpc) is 3.21. The molecule has 0 saturated carbocycles. The minimum absolute atomic E-state index is 0.224. The summed E-state index contributed by atoms with van der Waals surface area (Å²) in [6.45, 7) is 0. The Bertz CT molecular complexity index is 1350. The number of benzene rings is 3. The van der Waals surface area contributed by atoms with Crippen molar-refractivity contribution in [3.05, 3.63) is 86.5 Å². The molecule has 1 heterocycles. The number of carbonyl (C=O) groups excluding carboxylic acids is 1. The molecule has 3 aromatic carbocycles. The first kappa shape index (κ1) is 20.5. The molecule has 0 aliphatic heterocycles. The number of hydrogen-bond acceptors (Lipinski definition) is 8. The quantitative estimate of drug-likeness (QED) is 0.342. The molecule has 160 valence electrons. The van der Waals surface area contributed by atoms with Crippen molar-refractivity contribution < 1.29 is 23.8 Å². The molecule has 0 unspecified atom stereocenters. The number of oxazole rings is 1. The minimum atomic E-state index is -0.802. The molecule has 0 aliphatic carbocycles. The largest absolute Gasteiger partial charge is 0.496 e. The van der Waals surface area contributed by atoms with Gasteiger partial charge in [-0.3, -0.25) is 25.0 Å². The molecule has 0 atom stereocenters. The predicted molar refractivity (Wildman–Crippen MR) is 114 cm³/mol. The van der Waals surface area contributed by atoms with Crippen LogP contribution in [0.15, 0.2) is 65.1 Å². The summed E-state index contributed by atoms with van der Waals surface area (Å²) in [7, 11) is 1.54. The number of aromatic nitrogens is 1. The Morgan fingerprint density at radius 3 is 2.34 bits per heavy atom. The first-order valence-electron chi connectivity index (χ1n) is 9.15. The number of nitro groups is 2. The maximum absolute atomic E-state index is 12.6. The lowest BCUT2D eigenvalue weighted by atomic mass is 10.1. The number of anilines is 1. The number of fused-ring (bicyclic) bond motifs is 1. The number of hydrogen-bond donors (Lipinski definition) is 1. The number of ether oxygens (including phenoxy) is 1. The summed E-state index contributed by atoms with van der Waals surface area (Å²) in [4.78, 5) is 37.5. The van der Waals surface area contributed by atoms with Gasteiger partial charge >= 0.3 is 0 Å². The smallest absolute Gasteiger partial charge is 0.277 e. The van der Waals surface area contributed by atoms with Crippen LogP contribution < -0.4 is 10.1 Å². The van der Waals surface area contributed by atoms with Gasteiger partial charge in [0, 0.05) is 23.9 Å². The second-order valence-corrected chi connectivity index (χ2v) is 6.61. The van der Waals surface area contributed by atoms with Crippen molar-refractivity contribution >= 4 is 34.1 Å². The number of nitrogens with zero attached hydrogens (tertiary/aromatic N) is 3. The van der Waals surface area contributed by atoms with Gasteiger partial charge in [-0.05, 0) is 24.3 Å². The number of non-ortho nitro benzene ring substituents is 2. The van der Waals surface area contributed by atoms with Crippen LogP contribution in [0.5, 0.6) is 5.75 Å². The van der Waals surface area contributed by atoms with Crippen molar-refractivity contribution in [2.45, 2.75) is 0 Å². The first-order valence-corrected chi connectivity index (χ1v) is 9.15. The molecule has 0 saturated heterocycles. The van der Waals surface area contributed by atoms with E-state index in [0.717, 1.165) is 18.2 Å². The molecule has 0 spiro atoms. The molecular formula is C21H14N4O7. The van der Waals surface area contributed by atoms with E-state index in [0.29, 0.717) is 34.0 Å². The van der Waals surface area contributed by atoms with Crippen molar-refractivity contribution in [3.63, 3.8) is 0 Å². The fourth-order valence-electron chi connectivity index (χ4n) is 3.08. The molecule has 1 N–H and O–H groups in total. The summed E-state index contributed by atoms with van der Waals surface area (Å²) in [6.07, 6.45) is 0. The Hall–Kier alpha value is -4.80. The number of amides is 1. The van der Waals surface area contributed by atoms with Crippen molar-refractivity contribution in [1.29, 1.82) is 0 Å². The zero-order valence-corrected chi connectivity index (χ0v) is 16.5. The number of carbonyl (C=O) groups is 1. The highest BCUT2D eigenvalue weighted by molar-refractivity contribution is 6.05. The molecule has 11 nitrogen and oxygen atoms in total. The summed E-state index contributed by atoms with van der Waals surface area (Å²) in [6, 6.07) is 14.7. The number of rotatable bonds is 6. The van der Waals surface area contributed by atoms with Crippen LogP contribution in [0, 0.1) is 20.2 Å². The number of methoxy groups -OCH3 is 1. The van der Waals surface area contributed by atoms with E-state index in [9.17, 15) is 25.0 Å². The molecule has 1 amide bonds. The molecule has 0 fully saturated rings. The Morgan fingerprint density at radius 2 is 1.69 bits per heavy atom. The summed E-state index contributed by atoms with van der Waals surface area (Å²) in [5.74, 6) is 0.163. The molecule has 1 aromatic heterocycles. The SMILES string of the molecule is COc1ccccc1-c1nc2ccc(NC(=O)c3cc([N+](=O)[O-])cc([N+](=O)[O-])c3)cc2o1. The van der Waals surface area contributed by atoms with Gasteiger partial charge in [0.05, 0.1) is 34.1 Å². The number of para-hydroxylation sites is 1. The number of nitrogens with one attached hydrogen (secondary N) is 1. The second kappa shape index (κ2) is 8.14. The zero-order chi connectivity index (χ0) is 22.8. The Balaban J connectivity index is 1.64. The van der Waals surface area contributed by atoms with Crippen LogP contribution in [-0.2, 0) is 0 Å². The summed E-state index contributed by atoms with van der Waals surface area (Å²) in [5.41, 5.74) is 0.551. The Morgan fingerprint density at radius 1 is 1.00 bits per heavy atom. The highest BCUT2D eigenvalue weighted by Crippen LogP contribution is 2.32. The van der Waals surface area contributed by atoms with Crippen LogP contribution in [-0.4, -0.2) is 27.8 Å². The Kier molecular flexibility index (Phi) is 5.21. The van der Waals surface area contributed by atoms with Gasteiger partial charge in [0.1, 0.15) is 11.3 Å². The number of nitro benzene ring substituents is 2. The summed E-state index contributed by atoms with van der Waals surface area (Å²) < 4.78 is 11.1. The standard InChI is InChI=1S/C21H14N4O7/c1-31-18-5-3-2-4-16(18)21-23-17-7-6-13(10-19(17)32-21)22-20(26)12-8-14(24(27)28)11-15(9-12)25(29)30/h2-11H,1H3,(H,22,26). The van der Waals surface area contributed by atoms with Gasteiger partial charge in [0.15, 0.2) is 5.58 Å². The second-order valence-electron chi connectivity index (χ2n) is 6.61. The maximum atomic E-state index is 12.6. The van der Waals surface area contributed by atoms with Gasteiger partial charge in [0.25, 0.3) is 17.3 Å². The van der Waals surface area contributed by atoms with Gasteiger partial charge in [-0.25, -0.2) is 4.98 Å². The molecule has 11 heteroatoms.